The lowest BCUT2D eigenvalue weighted by molar-refractivity contribution is 0.174. The molecule has 0 amide bonds. The zero-order valence-corrected chi connectivity index (χ0v) is 7.96. The van der Waals surface area contributed by atoms with Gasteiger partial charge in [-0.05, 0) is 6.92 Å². The van der Waals surface area contributed by atoms with E-state index in [0.717, 1.165) is 29.4 Å². The quantitative estimate of drug-likeness (QED) is 0.655. The Morgan fingerprint density at radius 2 is 1.93 bits per heavy atom. The fourth-order valence-electron chi connectivity index (χ4n) is 1.79. The van der Waals surface area contributed by atoms with E-state index >= 15 is 0 Å². The van der Waals surface area contributed by atoms with Crippen molar-refractivity contribution in [1.82, 2.24) is 0 Å². The summed E-state index contributed by atoms with van der Waals surface area (Å²) in [5.41, 5.74) is 2.18. The Kier molecular flexibility index (Phi) is 1.50. The van der Waals surface area contributed by atoms with E-state index < -0.39 is 0 Å². The third-order valence-electron chi connectivity index (χ3n) is 2.51. The van der Waals surface area contributed by atoms with Gasteiger partial charge in [-0.25, -0.2) is 0 Å². The number of anilines is 2. The van der Waals surface area contributed by atoms with Crippen molar-refractivity contribution in [3.8, 4) is 11.5 Å². The van der Waals surface area contributed by atoms with E-state index in [1.54, 1.807) is 0 Å². The summed E-state index contributed by atoms with van der Waals surface area (Å²) in [6.45, 7) is 3.40. The molecule has 0 radical (unpaired) electrons. The molecule has 3 rings (SSSR count). The smallest absolute Gasteiger partial charge is 0.231 e. The second-order valence-corrected chi connectivity index (χ2v) is 3.68. The Morgan fingerprint density at radius 3 is 2.71 bits per heavy atom. The van der Waals surface area contributed by atoms with E-state index in [0.29, 0.717) is 12.8 Å². The molecule has 1 aromatic rings. The molecule has 2 heterocycles. The molecule has 0 fully saturated rings. The van der Waals surface area contributed by atoms with Gasteiger partial charge < -0.3 is 20.1 Å². The van der Waals surface area contributed by atoms with Crippen LogP contribution in [0.25, 0.3) is 0 Å². The van der Waals surface area contributed by atoms with Gasteiger partial charge in [0.15, 0.2) is 11.5 Å². The lowest BCUT2D eigenvalue weighted by Gasteiger charge is -2.25. The number of rotatable bonds is 0. The zero-order valence-electron chi connectivity index (χ0n) is 7.96. The summed E-state index contributed by atoms with van der Waals surface area (Å²) >= 11 is 0. The van der Waals surface area contributed by atoms with Crippen LogP contribution in [0.5, 0.6) is 11.5 Å². The molecule has 4 nitrogen and oxygen atoms in total. The number of hydrogen-bond donors (Lipinski definition) is 2. The molecular formula is C10H12N2O2. The summed E-state index contributed by atoms with van der Waals surface area (Å²) in [4.78, 5) is 0. The molecule has 0 aromatic heterocycles. The Labute approximate surface area is 82.2 Å². The van der Waals surface area contributed by atoms with Gasteiger partial charge in [-0.2, -0.15) is 0 Å². The van der Waals surface area contributed by atoms with E-state index in [4.69, 9.17) is 9.47 Å². The minimum atomic E-state index is 0.327. The summed E-state index contributed by atoms with van der Waals surface area (Å²) < 4.78 is 10.6. The maximum atomic E-state index is 5.31. The van der Waals surface area contributed by atoms with E-state index in [2.05, 4.69) is 17.6 Å². The molecule has 2 N–H and O–H groups in total. The third kappa shape index (κ3) is 1.07. The number of hydrogen-bond acceptors (Lipinski definition) is 4. The second-order valence-electron chi connectivity index (χ2n) is 3.68. The molecule has 0 bridgehead atoms. The first-order valence-corrected chi connectivity index (χ1v) is 4.77. The summed E-state index contributed by atoms with van der Waals surface area (Å²) in [7, 11) is 0. The fraction of sp³-hybridized carbons (Fsp3) is 0.400. The Bertz CT molecular complexity index is 379. The van der Waals surface area contributed by atoms with E-state index in [1.807, 2.05) is 12.1 Å². The molecule has 14 heavy (non-hydrogen) atoms. The van der Waals surface area contributed by atoms with Crippen LogP contribution in [-0.4, -0.2) is 19.4 Å². The van der Waals surface area contributed by atoms with Gasteiger partial charge in [-0.1, -0.05) is 0 Å². The Morgan fingerprint density at radius 1 is 1.21 bits per heavy atom. The molecule has 0 saturated carbocycles. The van der Waals surface area contributed by atoms with E-state index in [1.165, 1.54) is 0 Å². The summed E-state index contributed by atoms with van der Waals surface area (Å²) in [5.74, 6) is 1.65. The minimum absolute atomic E-state index is 0.327. The van der Waals surface area contributed by atoms with Crippen molar-refractivity contribution >= 4 is 11.4 Å². The van der Waals surface area contributed by atoms with E-state index in [9.17, 15) is 0 Å². The predicted molar refractivity (Wildman–Crippen MR) is 54.1 cm³/mol. The molecule has 0 aliphatic carbocycles. The summed E-state index contributed by atoms with van der Waals surface area (Å²) in [5, 5.41) is 6.74. The van der Waals surface area contributed by atoms with Crippen molar-refractivity contribution in [1.29, 1.82) is 0 Å². The molecule has 2 aliphatic heterocycles. The van der Waals surface area contributed by atoms with E-state index in [-0.39, 0.29) is 0 Å². The SMILES string of the molecule is CC1CNc2cc3c(cc2N1)OCO3. The van der Waals surface area contributed by atoms with Crippen LogP contribution in [0.3, 0.4) is 0 Å². The van der Waals surface area contributed by atoms with Gasteiger partial charge in [0.2, 0.25) is 6.79 Å². The molecule has 1 unspecified atom stereocenters. The van der Waals surface area contributed by atoms with Crippen LogP contribution in [0.1, 0.15) is 6.92 Å². The molecular weight excluding hydrogens is 180 g/mol. The van der Waals surface area contributed by atoms with Crippen LogP contribution in [0, 0.1) is 0 Å². The maximum absolute atomic E-state index is 5.31. The first-order chi connectivity index (χ1) is 6.83. The van der Waals surface area contributed by atoms with Crippen LogP contribution >= 0.6 is 0 Å². The standard InChI is InChI=1S/C10H12N2O2/c1-6-4-11-7-2-9-10(14-5-13-9)3-8(7)12-6/h2-3,6,11-12H,4-5H2,1H3. The highest BCUT2D eigenvalue weighted by atomic mass is 16.7. The van der Waals surface area contributed by atoms with Crippen LogP contribution in [-0.2, 0) is 0 Å². The van der Waals surface area contributed by atoms with Crippen molar-refractivity contribution in [3.05, 3.63) is 12.1 Å². The van der Waals surface area contributed by atoms with Gasteiger partial charge in [0, 0.05) is 24.7 Å². The normalized spacial score (nSPS) is 22.2. The highest BCUT2D eigenvalue weighted by Gasteiger charge is 2.20. The number of fused-ring (bicyclic) bond motifs is 2. The summed E-state index contributed by atoms with van der Waals surface area (Å²) in [6.07, 6.45) is 0. The van der Waals surface area contributed by atoms with Gasteiger partial charge >= 0.3 is 0 Å². The van der Waals surface area contributed by atoms with Gasteiger partial charge in [-0.15, -0.1) is 0 Å². The molecule has 4 heteroatoms. The van der Waals surface area contributed by atoms with Crippen LogP contribution in [0.2, 0.25) is 0 Å². The lowest BCUT2D eigenvalue weighted by Crippen LogP contribution is -2.29. The summed E-state index contributed by atoms with van der Waals surface area (Å²) in [6, 6.07) is 4.42. The average molecular weight is 192 g/mol. The number of ether oxygens (including phenoxy) is 2. The zero-order chi connectivity index (χ0) is 9.54. The Hall–Kier alpha value is -1.58. The monoisotopic (exact) mass is 192 g/mol. The van der Waals surface area contributed by atoms with Crippen molar-refractivity contribution in [2.24, 2.45) is 0 Å². The van der Waals surface area contributed by atoms with Gasteiger partial charge in [-0.3, -0.25) is 0 Å². The molecule has 1 aromatic carbocycles. The second kappa shape index (κ2) is 2.70. The average Bonchev–Trinajstić information content (AvgIpc) is 2.61. The first kappa shape index (κ1) is 7.79. The fourth-order valence-corrected chi connectivity index (χ4v) is 1.79. The third-order valence-corrected chi connectivity index (χ3v) is 2.51. The van der Waals surface area contributed by atoms with Gasteiger partial charge in [0.1, 0.15) is 0 Å². The number of nitrogens with one attached hydrogen (secondary N) is 2. The molecule has 2 aliphatic rings. The first-order valence-electron chi connectivity index (χ1n) is 4.77. The van der Waals surface area contributed by atoms with Crippen molar-refractivity contribution in [2.45, 2.75) is 13.0 Å². The van der Waals surface area contributed by atoms with Crippen molar-refractivity contribution in [2.75, 3.05) is 24.0 Å². The maximum Gasteiger partial charge on any atom is 0.231 e. The molecule has 0 saturated heterocycles. The van der Waals surface area contributed by atoms with Gasteiger partial charge in [0.05, 0.1) is 11.4 Å². The highest BCUT2D eigenvalue weighted by molar-refractivity contribution is 5.76. The molecule has 0 spiro atoms. The Balaban J connectivity index is 2.06. The van der Waals surface area contributed by atoms with Crippen LogP contribution in [0.15, 0.2) is 12.1 Å². The van der Waals surface area contributed by atoms with Crippen LogP contribution in [0.4, 0.5) is 11.4 Å². The lowest BCUT2D eigenvalue weighted by atomic mass is 10.1. The largest absolute Gasteiger partial charge is 0.454 e. The highest BCUT2D eigenvalue weighted by Crippen LogP contribution is 2.40. The minimum Gasteiger partial charge on any atom is -0.454 e. The molecule has 1 atom stereocenters. The predicted octanol–water partition coefficient (Wildman–Crippen LogP) is 1.64. The topological polar surface area (TPSA) is 42.5 Å². The number of benzene rings is 1. The van der Waals surface area contributed by atoms with Crippen molar-refractivity contribution in [3.63, 3.8) is 0 Å². The van der Waals surface area contributed by atoms with Crippen LogP contribution < -0.4 is 20.1 Å². The van der Waals surface area contributed by atoms with Crippen molar-refractivity contribution < 1.29 is 9.47 Å². The molecule has 74 valence electrons. The van der Waals surface area contributed by atoms with Gasteiger partial charge in [0.25, 0.3) is 0 Å².